The molecular formula is C14H17NO3S2. The van der Waals surface area contributed by atoms with Crippen LogP contribution in [0.15, 0.2) is 40.6 Å². The van der Waals surface area contributed by atoms with Crippen LogP contribution in [0, 0.1) is 13.8 Å². The van der Waals surface area contributed by atoms with E-state index in [0.29, 0.717) is 0 Å². The highest BCUT2D eigenvalue weighted by Gasteiger charge is 2.17. The number of aryl methyl sites for hydroxylation is 2. The van der Waals surface area contributed by atoms with E-state index in [9.17, 15) is 13.5 Å². The van der Waals surface area contributed by atoms with Gasteiger partial charge in [0, 0.05) is 11.4 Å². The predicted molar refractivity (Wildman–Crippen MR) is 80.4 cm³/mol. The molecule has 1 aromatic heterocycles. The smallest absolute Gasteiger partial charge is 0.240 e. The molecule has 6 heteroatoms. The molecule has 0 spiro atoms. The summed E-state index contributed by atoms with van der Waals surface area (Å²) < 4.78 is 26.7. The second-order valence-electron chi connectivity index (χ2n) is 4.63. The standard InChI is InChI=1S/C14H17NO3S2/c1-10-5-6-12(8-11(10)2)20(17,18)15-9-13(16)14-4-3-7-19-14/h3-8,13,15-16H,9H2,1-2H3. The quantitative estimate of drug-likeness (QED) is 0.891. The van der Waals surface area contributed by atoms with Crippen LogP contribution in [-0.2, 0) is 10.0 Å². The van der Waals surface area contributed by atoms with E-state index in [1.807, 2.05) is 25.3 Å². The monoisotopic (exact) mass is 311 g/mol. The van der Waals surface area contributed by atoms with Crippen LogP contribution < -0.4 is 4.72 Å². The van der Waals surface area contributed by atoms with Crippen LogP contribution in [-0.4, -0.2) is 20.1 Å². The lowest BCUT2D eigenvalue weighted by Crippen LogP contribution is -2.28. The summed E-state index contributed by atoms with van der Waals surface area (Å²) in [6.45, 7) is 3.77. The average molecular weight is 311 g/mol. The molecule has 0 saturated carbocycles. The Morgan fingerprint density at radius 3 is 2.60 bits per heavy atom. The van der Waals surface area contributed by atoms with Crippen molar-refractivity contribution in [1.29, 1.82) is 0 Å². The number of rotatable bonds is 5. The second-order valence-corrected chi connectivity index (χ2v) is 7.38. The molecule has 2 aromatic rings. The van der Waals surface area contributed by atoms with Gasteiger partial charge in [0.2, 0.25) is 10.0 Å². The van der Waals surface area contributed by atoms with Crippen LogP contribution in [0.1, 0.15) is 22.1 Å². The van der Waals surface area contributed by atoms with E-state index in [4.69, 9.17) is 0 Å². The Balaban J connectivity index is 2.09. The van der Waals surface area contributed by atoms with Gasteiger partial charge in [-0.3, -0.25) is 0 Å². The van der Waals surface area contributed by atoms with Crippen molar-refractivity contribution in [3.8, 4) is 0 Å². The van der Waals surface area contributed by atoms with Crippen LogP contribution in [0.5, 0.6) is 0 Å². The van der Waals surface area contributed by atoms with Gasteiger partial charge in [0.1, 0.15) is 6.10 Å². The fraction of sp³-hybridized carbons (Fsp3) is 0.286. The summed E-state index contributed by atoms with van der Waals surface area (Å²) in [6, 6.07) is 8.58. The molecule has 0 aliphatic rings. The number of aliphatic hydroxyl groups is 1. The van der Waals surface area contributed by atoms with Gasteiger partial charge < -0.3 is 5.11 Å². The van der Waals surface area contributed by atoms with E-state index >= 15 is 0 Å². The number of sulfonamides is 1. The summed E-state index contributed by atoms with van der Waals surface area (Å²) in [4.78, 5) is 0.965. The SMILES string of the molecule is Cc1ccc(S(=O)(=O)NCC(O)c2cccs2)cc1C. The summed E-state index contributed by atoms with van der Waals surface area (Å²) in [7, 11) is -3.59. The highest BCUT2D eigenvalue weighted by Crippen LogP contribution is 2.19. The highest BCUT2D eigenvalue weighted by molar-refractivity contribution is 7.89. The van der Waals surface area contributed by atoms with E-state index < -0.39 is 16.1 Å². The fourth-order valence-electron chi connectivity index (χ4n) is 1.73. The van der Waals surface area contributed by atoms with Gasteiger partial charge in [-0.1, -0.05) is 12.1 Å². The van der Waals surface area contributed by atoms with Gasteiger partial charge >= 0.3 is 0 Å². The molecule has 1 atom stereocenters. The van der Waals surface area contributed by atoms with Crippen molar-refractivity contribution >= 4 is 21.4 Å². The molecule has 1 heterocycles. The maximum absolute atomic E-state index is 12.2. The number of aliphatic hydroxyl groups excluding tert-OH is 1. The maximum atomic E-state index is 12.2. The first kappa shape index (κ1) is 15.2. The van der Waals surface area contributed by atoms with Gasteiger partial charge in [-0.2, -0.15) is 0 Å². The minimum Gasteiger partial charge on any atom is -0.386 e. The number of thiophene rings is 1. The van der Waals surface area contributed by atoms with Crippen molar-refractivity contribution < 1.29 is 13.5 Å². The molecule has 20 heavy (non-hydrogen) atoms. The third-order valence-electron chi connectivity index (χ3n) is 3.13. The average Bonchev–Trinajstić information content (AvgIpc) is 2.93. The fourth-order valence-corrected chi connectivity index (χ4v) is 3.57. The topological polar surface area (TPSA) is 66.4 Å². The molecule has 1 unspecified atom stereocenters. The lowest BCUT2D eigenvalue weighted by molar-refractivity contribution is 0.186. The van der Waals surface area contributed by atoms with Gasteiger partial charge in [0.05, 0.1) is 4.90 Å². The zero-order chi connectivity index (χ0) is 14.8. The lowest BCUT2D eigenvalue weighted by atomic mass is 10.1. The molecular weight excluding hydrogens is 294 g/mol. The van der Waals surface area contributed by atoms with Crippen molar-refractivity contribution in [2.24, 2.45) is 0 Å². The maximum Gasteiger partial charge on any atom is 0.240 e. The first-order valence-electron chi connectivity index (χ1n) is 6.18. The third-order valence-corrected chi connectivity index (χ3v) is 5.52. The van der Waals surface area contributed by atoms with Gasteiger partial charge in [-0.05, 0) is 48.6 Å². The molecule has 1 aromatic carbocycles. The molecule has 0 bridgehead atoms. The van der Waals surface area contributed by atoms with Crippen molar-refractivity contribution in [2.45, 2.75) is 24.8 Å². The van der Waals surface area contributed by atoms with E-state index in [-0.39, 0.29) is 11.4 Å². The third kappa shape index (κ3) is 3.46. The molecule has 0 fully saturated rings. The first-order valence-corrected chi connectivity index (χ1v) is 8.55. The second kappa shape index (κ2) is 6.05. The molecule has 2 N–H and O–H groups in total. The predicted octanol–water partition coefficient (Wildman–Crippen LogP) is 2.38. The van der Waals surface area contributed by atoms with Crippen molar-refractivity contribution in [2.75, 3.05) is 6.54 Å². The number of nitrogens with one attached hydrogen (secondary N) is 1. The summed E-state index contributed by atoms with van der Waals surface area (Å²) in [5, 5.41) is 11.7. The van der Waals surface area contributed by atoms with Crippen molar-refractivity contribution in [1.82, 2.24) is 4.72 Å². The molecule has 2 rings (SSSR count). The number of hydrogen-bond acceptors (Lipinski definition) is 4. The van der Waals surface area contributed by atoms with E-state index in [1.165, 1.54) is 11.3 Å². The Morgan fingerprint density at radius 2 is 2.00 bits per heavy atom. The van der Waals surface area contributed by atoms with Crippen LogP contribution in [0.4, 0.5) is 0 Å². The van der Waals surface area contributed by atoms with Gasteiger partial charge in [-0.15, -0.1) is 11.3 Å². The van der Waals surface area contributed by atoms with Crippen molar-refractivity contribution in [3.63, 3.8) is 0 Å². The number of hydrogen-bond donors (Lipinski definition) is 2. The van der Waals surface area contributed by atoms with Gasteiger partial charge in [0.25, 0.3) is 0 Å². The molecule has 0 amide bonds. The van der Waals surface area contributed by atoms with Crippen LogP contribution in [0.25, 0.3) is 0 Å². The van der Waals surface area contributed by atoms with E-state index in [1.54, 1.807) is 24.3 Å². The zero-order valence-corrected chi connectivity index (χ0v) is 13.0. The van der Waals surface area contributed by atoms with Gasteiger partial charge in [-0.25, -0.2) is 13.1 Å². The van der Waals surface area contributed by atoms with Crippen LogP contribution in [0.2, 0.25) is 0 Å². The zero-order valence-electron chi connectivity index (χ0n) is 11.3. The molecule has 108 valence electrons. The highest BCUT2D eigenvalue weighted by atomic mass is 32.2. The molecule has 0 radical (unpaired) electrons. The summed E-state index contributed by atoms with van der Waals surface area (Å²) in [5.74, 6) is 0. The first-order chi connectivity index (χ1) is 9.40. The number of benzene rings is 1. The molecule has 4 nitrogen and oxygen atoms in total. The normalized spacial score (nSPS) is 13.3. The summed E-state index contributed by atoms with van der Waals surface area (Å²) >= 11 is 1.40. The van der Waals surface area contributed by atoms with Crippen molar-refractivity contribution in [3.05, 3.63) is 51.7 Å². The Kier molecular flexibility index (Phi) is 4.59. The minimum absolute atomic E-state index is 0.0320. The summed E-state index contributed by atoms with van der Waals surface area (Å²) in [6.07, 6.45) is -0.823. The Bertz CT molecular complexity index is 678. The van der Waals surface area contributed by atoms with E-state index in [0.717, 1.165) is 16.0 Å². The molecule has 0 aliphatic carbocycles. The Hall–Kier alpha value is -1.21. The Morgan fingerprint density at radius 1 is 1.25 bits per heavy atom. The summed E-state index contributed by atoms with van der Waals surface area (Å²) in [5.41, 5.74) is 1.97. The van der Waals surface area contributed by atoms with E-state index in [2.05, 4.69) is 4.72 Å². The molecule has 0 saturated heterocycles. The Labute approximate surface area is 123 Å². The minimum atomic E-state index is -3.59. The van der Waals surface area contributed by atoms with Gasteiger partial charge in [0.15, 0.2) is 0 Å². The van der Waals surface area contributed by atoms with Crippen LogP contribution >= 0.6 is 11.3 Å². The largest absolute Gasteiger partial charge is 0.386 e. The van der Waals surface area contributed by atoms with Crippen LogP contribution in [0.3, 0.4) is 0 Å². The lowest BCUT2D eigenvalue weighted by Gasteiger charge is -2.11. The molecule has 0 aliphatic heterocycles.